The number of hydrogen-bond donors (Lipinski definition) is 1. The SMILES string of the molecule is CCc1nc2cc(Cl)ccn2c1C(=O)NCc1ccc(N2CCN(CC3CCCCC3)CC2)cc1. The molecule has 35 heavy (non-hydrogen) atoms. The number of pyridine rings is 1. The Morgan fingerprint density at radius 3 is 2.51 bits per heavy atom. The lowest BCUT2D eigenvalue weighted by molar-refractivity contribution is 0.0944. The summed E-state index contributed by atoms with van der Waals surface area (Å²) in [5.74, 6) is 0.798. The highest BCUT2D eigenvalue weighted by atomic mass is 35.5. The first-order valence-corrected chi connectivity index (χ1v) is 13.5. The Labute approximate surface area is 213 Å². The van der Waals surface area contributed by atoms with Crippen LogP contribution in [0.25, 0.3) is 5.65 Å². The number of nitrogens with zero attached hydrogens (tertiary/aromatic N) is 4. The molecule has 0 spiro atoms. The van der Waals surface area contributed by atoms with E-state index in [0.29, 0.717) is 29.3 Å². The molecule has 6 nitrogen and oxygen atoms in total. The number of rotatable bonds is 7. The average Bonchev–Trinajstić information content (AvgIpc) is 3.26. The summed E-state index contributed by atoms with van der Waals surface area (Å²) in [6.07, 6.45) is 9.61. The maximum Gasteiger partial charge on any atom is 0.270 e. The first-order chi connectivity index (χ1) is 17.1. The number of fused-ring (bicyclic) bond motifs is 1. The first kappa shape index (κ1) is 24.1. The lowest BCUT2D eigenvalue weighted by Gasteiger charge is -2.38. The predicted octanol–water partition coefficient (Wildman–Crippen LogP) is 5.18. The molecule has 1 saturated heterocycles. The molecule has 0 unspecified atom stereocenters. The van der Waals surface area contributed by atoms with Crippen LogP contribution in [-0.2, 0) is 13.0 Å². The maximum atomic E-state index is 13.0. The molecule has 1 aliphatic carbocycles. The number of aryl methyl sites for hydroxylation is 1. The van der Waals surface area contributed by atoms with Gasteiger partial charge in [-0.3, -0.25) is 14.1 Å². The van der Waals surface area contributed by atoms with Gasteiger partial charge < -0.3 is 10.2 Å². The van der Waals surface area contributed by atoms with Crippen LogP contribution in [0.5, 0.6) is 0 Å². The van der Waals surface area contributed by atoms with E-state index in [4.69, 9.17) is 11.6 Å². The normalized spacial score (nSPS) is 17.7. The average molecular weight is 494 g/mol. The van der Waals surface area contributed by atoms with Gasteiger partial charge in [-0.25, -0.2) is 4.98 Å². The van der Waals surface area contributed by atoms with Crippen LogP contribution < -0.4 is 10.2 Å². The maximum absolute atomic E-state index is 13.0. The Bertz CT molecular complexity index is 1140. The number of hydrogen-bond acceptors (Lipinski definition) is 4. The molecule has 3 heterocycles. The molecule has 7 heteroatoms. The van der Waals surface area contributed by atoms with Crippen molar-refractivity contribution in [2.24, 2.45) is 5.92 Å². The van der Waals surface area contributed by atoms with Crippen molar-refractivity contribution >= 4 is 28.8 Å². The molecule has 2 aliphatic rings. The monoisotopic (exact) mass is 493 g/mol. The Hall–Kier alpha value is -2.57. The van der Waals surface area contributed by atoms with Crippen LogP contribution in [-0.4, -0.2) is 52.9 Å². The zero-order chi connectivity index (χ0) is 24.2. The molecular formula is C28H36ClN5O. The van der Waals surface area contributed by atoms with Gasteiger partial charge in [0.25, 0.3) is 5.91 Å². The summed E-state index contributed by atoms with van der Waals surface area (Å²) >= 11 is 6.10. The predicted molar refractivity (Wildman–Crippen MR) is 142 cm³/mol. The van der Waals surface area contributed by atoms with E-state index in [0.717, 1.165) is 43.4 Å². The molecule has 1 N–H and O–H groups in total. The van der Waals surface area contributed by atoms with Crippen LogP contribution >= 0.6 is 11.6 Å². The fourth-order valence-corrected chi connectivity index (χ4v) is 5.72. The van der Waals surface area contributed by atoms with Gasteiger partial charge in [-0.05, 0) is 48.9 Å². The van der Waals surface area contributed by atoms with Gasteiger partial charge >= 0.3 is 0 Å². The summed E-state index contributed by atoms with van der Waals surface area (Å²) < 4.78 is 1.82. The van der Waals surface area contributed by atoms with Crippen molar-refractivity contribution in [1.29, 1.82) is 0 Å². The fraction of sp³-hybridized carbons (Fsp3) is 0.500. The Morgan fingerprint density at radius 2 is 1.80 bits per heavy atom. The second-order valence-electron chi connectivity index (χ2n) is 9.97. The fourth-order valence-electron chi connectivity index (χ4n) is 5.57. The molecule has 1 saturated carbocycles. The third-order valence-corrected chi connectivity index (χ3v) is 7.81. The minimum absolute atomic E-state index is 0.116. The van der Waals surface area contributed by atoms with Crippen LogP contribution in [0.1, 0.15) is 60.8 Å². The van der Waals surface area contributed by atoms with Gasteiger partial charge in [0.1, 0.15) is 11.3 Å². The number of halogens is 1. The van der Waals surface area contributed by atoms with Crippen molar-refractivity contribution in [3.8, 4) is 0 Å². The van der Waals surface area contributed by atoms with Gasteiger partial charge in [0.2, 0.25) is 0 Å². The highest BCUT2D eigenvalue weighted by Crippen LogP contribution is 2.25. The second-order valence-corrected chi connectivity index (χ2v) is 10.4. The van der Waals surface area contributed by atoms with E-state index >= 15 is 0 Å². The Morgan fingerprint density at radius 1 is 1.06 bits per heavy atom. The minimum atomic E-state index is -0.116. The van der Waals surface area contributed by atoms with Crippen LogP contribution in [0.15, 0.2) is 42.6 Å². The van der Waals surface area contributed by atoms with Crippen molar-refractivity contribution in [3.05, 3.63) is 64.6 Å². The van der Waals surface area contributed by atoms with Gasteiger partial charge in [0, 0.05) is 62.2 Å². The van der Waals surface area contributed by atoms with E-state index < -0.39 is 0 Å². The minimum Gasteiger partial charge on any atom is -0.369 e. The Kier molecular flexibility index (Phi) is 7.59. The molecule has 0 bridgehead atoms. The Balaban J connectivity index is 1.15. The third-order valence-electron chi connectivity index (χ3n) is 7.58. The zero-order valence-corrected chi connectivity index (χ0v) is 21.4. The van der Waals surface area contributed by atoms with Crippen LogP contribution in [0.3, 0.4) is 0 Å². The number of nitrogens with one attached hydrogen (secondary N) is 1. The van der Waals surface area contributed by atoms with E-state index in [1.54, 1.807) is 12.1 Å². The molecule has 0 radical (unpaired) electrons. The molecule has 0 atom stereocenters. The summed E-state index contributed by atoms with van der Waals surface area (Å²) in [6, 6.07) is 12.2. The molecule has 1 aliphatic heterocycles. The molecular weight excluding hydrogens is 458 g/mol. The first-order valence-electron chi connectivity index (χ1n) is 13.1. The van der Waals surface area contributed by atoms with Gasteiger partial charge in [-0.2, -0.15) is 0 Å². The van der Waals surface area contributed by atoms with E-state index in [2.05, 4.69) is 44.4 Å². The number of aromatic nitrogens is 2. The topological polar surface area (TPSA) is 52.9 Å². The highest BCUT2D eigenvalue weighted by molar-refractivity contribution is 6.30. The van der Waals surface area contributed by atoms with Crippen molar-refractivity contribution in [3.63, 3.8) is 0 Å². The summed E-state index contributed by atoms with van der Waals surface area (Å²) in [7, 11) is 0. The number of piperazine rings is 1. The van der Waals surface area contributed by atoms with Crippen LogP contribution in [0.4, 0.5) is 5.69 Å². The standard InChI is InChI=1S/C28H36ClN5O/c1-2-25-27(34-13-12-23(29)18-26(34)31-25)28(35)30-19-21-8-10-24(11-9-21)33-16-14-32(15-17-33)20-22-6-4-3-5-7-22/h8-13,18,22H,2-7,14-17,19-20H2,1H3,(H,30,35). The van der Waals surface area contributed by atoms with Crippen molar-refractivity contribution < 1.29 is 4.79 Å². The zero-order valence-electron chi connectivity index (χ0n) is 20.7. The van der Waals surface area contributed by atoms with Crippen LogP contribution in [0.2, 0.25) is 5.02 Å². The van der Waals surface area contributed by atoms with Crippen LogP contribution in [0, 0.1) is 5.92 Å². The summed E-state index contributed by atoms with van der Waals surface area (Å²) in [5, 5.41) is 3.69. The molecule has 2 fully saturated rings. The molecule has 1 aromatic carbocycles. The number of carbonyl (C=O) groups is 1. The lowest BCUT2D eigenvalue weighted by atomic mass is 9.89. The highest BCUT2D eigenvalue weighted by Gasteiger charge is 2.22. The van der Waals surface area contributed by atoms with E-state index in [-0.39, 0.29) is 5.91 Å². The van der Waals surface area contributed by atoms with Crippen molar-refractivity contribution in [2.45, 2.75) is 52.0 Å². The van der Waals surface area contributed by atoms with Gasteiger partial charge in [-0.1, -0.05) is 49.9 Å². The number of imidazole rings is 1. The van der Waals surface area contributed by atoms with Gasteiger partial charge in [-0.15, -0.1) is 0 Å². The molecule has 186 valence electrons. The summed E-state index contributed by atoms with van der Waals surface area (Å²) in [6.45, 7) is 8.25. The van der Waals surface area contributed by atoms with Gasteiger partial charge in [0.05, 0.1) is 5.69 Å². The molecule has 5 rings (SSSR count). The van der Waals surface area contributed by atoms with Crippen molar-refractivity contribution in [2.75, 3.05) is 37.6 Å². The summed E-state index contributed by atoms with van der Waals surface area (Å²) in [4.78, 5) is 22.8. The smallest absolute Gasteiger partial charge is 0.270 e. The van der Waals surface area contributed by atoms with Crippen molar-refractivity contribution in [1.82, 2.24) is 19.6 Å². The number of amides is 1. The lowest BCUT2D eigenvalue weighted by Crippen LogP contribution is -2.48. The summed E-state index contributed by atoms with van der Waals surface area (Å²) in [5.41, 5.74) is 4.42. The van der Waals surface area contributed by atoms with E-state index in [1.807, 2.05) is 17.5 Å². The van der Waals surface area contributed by atoms with E-state index in [9.17, 15) is 4.79 Å². The third kappa shape index (κ3) is 5.65. The van der Waals surface area contributed by atoms with Gasteiger partial charge in [0.15, 0.2) is 0 Å². The van der Waals surface area contributed by atoms with E-state index in [1.165, 1.54) is 44.3 Å². The quantitative estimate of drug-likeness (QED) is 0.492. The largest absolute Gasteiger partial charge is 0.369 e. The molecule has 2 aromatic heterocycles. The number of benzene rings is 1. The number of carbonyl (C=O) groups excluding carboxylic acids is 1. The molecule has 1 amide bonds. The second kappa shape index (κ2) is 11.0. The molecule has 3 aromatic rings. The number of anilines is 1.